The number of nitrogens with zero attached hydrogens (tertiary/aromatic N) is 5. The lowest BCUT2D eigenvalue weighted by atomic mass is 10.1. The predicted molar refractivity (Wildman–Crippen MR) is 106 cm³/mol. The van der Waals surface area contributed by atoms with Crippen LogP contribution >= 0.6 is 11.6 Å². The zero-order chi connectivity index (χ0) is 18.8. The largest absolute Gasteiger partial charge is 0.368 e. The summed E-state index contributed by atoms with van der Waals surface area (Å²) in [6, 6.07) is 12.3. The summed E-state index contributed by atoms with van der Waals surface area (Å²) in [6.07, 6.45) is 1.56. The van der Waals surface area contributed by atoms with Crippen LogP contribution in [0.25, 0.3) is 11.3 Å². The molecule has 1 saturated heterocycles. The Balaban J connectivity index is 1.50. The van der Waals surface area contributed by atoms with E-state index in [0.717, 1.165) is 36.9 Å². The molecule has 0 N–H and O–H groups in total. The van der Waals surface area contributed by atoms with Gasteiger partial charge in [-0.3, -0.25) is 0 Å². The first-order chi connectivity index (χ1) is 13.1. The van der Waals surface area contributed by atoms with Gasteiger partial charge in [0.2, 0.25) is 5.95 Å². The molecule has 0 radical (unpaired) electrons. The molecule has 0 spiro atoms. The van der Waals surface area contributed by atoms with Crippen molar-refractivity contribution >= 4 is 23.2 Å². The number of aromatic nitrogens is 3. The third-order valence-corrected chi connectivity index (χ3v) is 4.98. The molecule has 27 heavy (non-hydrogen) atoms. The molecule has 1 aliphatic rings. The Labute approximate surface area is 162 Å². The normalized spacial score (nSPS) is 14.5. The second-order valence-corrected chi connectivity index (χ2v) is 6.99. The number of piperazine rings is 1. The van der Waals surface area contributed by atoms with Crippen LogP contribution in [0.5, 0.6) is 0 Å². The fraction of sp³-hybridized carbons (Fsp3) is 0.250. The molecule has 0 saturated carbocycles. The van der Waals surface area contributed by atoms with Gasteiger partial charge in [0.15, 0.2) is 0 Å². The van der Waals surface area contributed by atoms with Crippen molar-refractivity contribution in [2.24, 2.45) is 0 Å². The molecule has 138 valence electrons. The highest BCUT2D eigenvalue weighted by molar-refractivity contribution is 6.30. The van der Waals surface area contributed by atoms with Crippen LogP contribution in [0.3, 0.4) is 0 Å². The van der Waals surface area contributed by atoms with Crippen molar-refractivity contribution in [1.29, 1.82) is 0 Å². The van der Waals surface area contributed by atoms with Crippen LogP contribution in [-0.4, -0.2) is 41.4 Å². The van der Waals surface area contributed by atoms with E-state index in [1.54, 1.807) is 12.3 Å². The summed E-state index contributed by atoms with van der Waals surface area (Å²) in [4.78, 5) is 9.01. The number of halogens is 2. The molecule has 2 heterocycles. The number of rotatable bonds is 3. The SMILES string of the molecule is Cc1ccc(Cl)cc1N1CCN(c2nncc(-c3cccc(F)c3)n2)CC1. The molecule has 1 fully saturated rings. The van der Waals surface area contributed by atoms with Crippen LogP contribution in [0.4, 0.5) is 16.0 Å². The van der Waals surface area contributed by atoms with E-state index in [2.05, 4.69) is 31.9 Å². The van der Waals surface area contributed by atoms with Crippen molar-refractivity contribution < 1.29 is 4.39 Å². The Hall–Kier alpha value is -2.73. The maximum absolute atomic E-state index is 13.5. The first-order valence-corrected chi connectivity index (χ1v) is 9.20. The Morgan fingerprint density at radius 1 is 1.00 bits per heavy atom. The second kappa shape index (κ2) is 7.48. The van der Waals surface area contributed by atoms with Crippen LogP contribution in [0.2, 0.25) is 5.02 Å². The van der Waals surface area contributed by atoms with Crippen molar-refractivity contribution in [2.75, 3.05) is 36.0 Å². The summed E-state index contributed by atoms with van der Waals surface area (Å²) in [5.74, 6) is 0.275. The lowest BCUT2D eigenvalue weighted by molar-refractivity contribution is 0.627. The number of benzene rings is 2. The second-order valence-electron chi connectivity index (χ2n) is 6.56. The molecule has 0 bridgehead atoms. The van der Waals surface area contributed by atoms with Gasteiger partial charge in [-0.1, -0.05) is 29.8 Å². The van der Waals surface area contributed by atoms with Gasteiger partial charge in [-0.05, 0) is 36.8 Å². The molecule has 7 heteroatoms. The average molecular weight is 384 g/mol. The monoisotopic (exact) mass is 383 g/mol. The van der Waals surface area contributed by atoms with Gasteiger partial charge in [0.25, 0.3) is 0 Å². The zero-order valence-electron chi connectivity index (χ0n) is 14.9. The average Bonchev–Trinajstić information content (AvgIpc) is 2.70. The van der Waals surface area contributed by atoms with Crippen molar-refractivity contribution in [2.45, 2.75) is 6.92 Å². The quantitative estimate of drug-likeness (QED) is 0.684. The number of hydrogen-bond donors (Lipinski definition) is 0. The van der Waals surface area contributed by atoms with E-state index in [0.29, 0.717) is 17.2 Å². The van der Waals surface area contributed by atoms with E-state index >= 15 is 0 Å². The molecule has 0 aliphatic carbocycles. The first-order valence-electron chi connectivity index (χ1n) is 8.82. The number of hydrogen-bond acceptors (Lipinski definition) is 5. The van der Waals surface area contributed by atoms with Gasteiger partial charge in [0, 0.05) is 42.5 Å². The summed E-state index contributed by atoms with van der Waals surface area (Å²) in [5.41, 5.74) is 3.68. The topological polar surface area (TPSA) is 45.2 Å². The molecule has 0 unspecified atom stereocenters. The summed E-state index contributed by atoms with van der Waals surface area (Å²) in [7, 11) is 0. The lowest BCUT2D eigenvalue weighted by Crippen LogP contribution is -2.47. The lowest BCUT2D eigenvalue weighted by Gasteiger charge is -2.36. The summed E-state index contributed by atoms with van der Waals surface area (Å²) in [6.45, 7) is 5.33. The fourth-order valence-electron chi connectivity index (χ4n) is 3.29. The molecule has 0 amide bonds. The van der Waals surface area contributed by atoms with Crippen LogP contribution in [-0.2, 0) is 0 Å². The van der Waals surface area contributed by atoms with Crippen molar-refractivity contribution in [3.8, 4) is 11.3 Å². The minimum absolute atomic E-state index is 0.293. The molecule has 2 aromatic carbocycles. The highest BCUT2D eigenvalue weighted by atomic mass is 35.5. The van der Waals surface area contributed by atoms with Crippen LogP contribution in [0.1, 0.15) is 5.56 Å². The summed E-state index contributed by atoms with van der Waals surface area (Å²) in [5, 5.41) is 8.98. The Kier molecular flexibility index (Phi) is 4.90. The van der Waals surface area contributed by atoms with E-state index in [9.17, 15) is 4.39 Å². The standard InChI is InChI=1S/C20H19ClFN5/c1-14-5-6-16(21)12-19(14)26-7-9-27(10-8-26)20-24-18(13-23-25-20)15-3-2-4-17(22)11-15/h2-6,11-13H,7-10H2,1H3. The van der Waals surface area contributed by atoms with Crippen LogP contribution in [0.15, 0.2) is 48.7 Å². The van der Waals surface area contributed by atoms with E-state index in [1.807, 2.05) is 24.3 Å². The number of aryl methyl sites for hydroxylation is 1. The highest BCUT2D eigenvalue weighted by Gasteiger charge is 2.21. The molecule has 0 atom stereocenters. The van der Waals surface area contributed by atoms with Gasteiger partial charge in [-0.25, -0.2) is 9.37 Å². The van der Waals surface area contributed by atoms with Crippen LogP contribution < -0.4 is 9.80 Å². The third kappa shape index (κ3) is 3.85. The smallest absolute Gasteiger partial charge is 0.246 e. The minimum Gasteiger partial charge on any atom is -0.368 e. The number of anilines is 2. The van der Waals surface area contributed by atoms with Gasteiger partial charge in [0.1, 0.15) is 5.82 Å². The maximum atomic E-state index is 13.5. The van der Waals surface area contributed by atoms with E-state index in [1.165, 1.54) is 17.7 Å². The molecule has 3 aromatic rings. The maximum Gasteiger partial charge on any atom is 0.246 e. The van der Waals surface area contributed by atoms with Crippen molar-refractivity contribution in [1.82, 2.24) is 15.2 Å². The van der Waals surface area contributed by atoms with E-state index in [-0.39, 0.29) is 5.82 Å². The summed E-state index contributed by atoms with van der Waals surface area (Å²) < 4.78 is 13.5. The third-order valence-electron chi connectivity index (χ3n) is 4.74. The molecule has 1 aromatic heterocycles. The Morgan fingerprint density at radius 3 is 2.56 bits per heavy atom. The van der Waals surface area contributed by atoms with Crippen LogP contribution in [0, 0.1) is 12.7 Å². The first kappa shape index (κ1) is 17.7. The van der Waals surface area contributed by atoms with E-state index in [4.69, 9.17) is 11.6 Å². The Morgan fingerprint density at radius 2 is 1.78 bits per heavy atom. The van der Waals surface area contributed by atoms with Gasteiger partial charge in [-0.2, -0.15) is 5.10 Å². The van der Waals surface area contributed by atoms with Crippen molar-refractivity contribution in [3.05, 3.63) is 65.1 Å². The highest BCUT2D eigenvalue weighted by Crippen LogP contribution is 2.26. The fourth-order valence-corrected chi connectivity index (χ4v) is 3.45. The molecular weight excluding hydrogens is 365 g/mol. The molecule has 4 rings (SSSR count). The van der Waals surface area contributed by atoms with E-state index < -0.39 is 0 Å². The predicted octanol–water partition coefficient (Wildman–Crippen LogP) is 3.97. The molecular formula is C20H19ClFN5. The van der Waals surface area contributed by atoms with Gasteiger partial charge in [0.05, 0.1) is 11.9 Å². The minimum atomic E-state index is -0.293. The van der Waals surface area contributed by atoms with Gasteiger partial charge >= 0.3 is 0 Å². The summed E-state index contributed by atoms with van der Waals surface area (Å²) >= 11 is 6.16. The van der Waals surface area contributed by atoms with Gasteiger partial charge in [-0.15, -0.1) is 5.10 Å². The zero-order valence-corrected chi connectivity index (χ0v) is 15.7. The van der Waals surface area contributed by atoms with Crippen molar-refractivity contribution in [3.63, 3.8) is 0 Å². The molecule has 1 aliphatic heterocycles. The van der Waals surface area contributed by atoms with Gasteiger partial charge < -0.3 is 9.80 Å². The Bertz CT molecular complexity index is 957. The molecule has 5 nitrogen and oxygen atoms in total.